The highest BCUT2D eigenvalue weighted by molar-refractivity contribution is 6.33. The van der Waals surface area contributed by atoms with Crippen molar-refractivity contribution in [2.75, 3.05) is 108 Å². The lowest BCUT2D eigenvalue weighted by molar-refractivity contribution is 0.209. The first-order chi connectivity index (χ1) is 70.1. The van der Waals surface area contributed by atoms with Crippen LogP contribution in [0.25, 0.3) is 129 Å². The number of rotatable bonds is 12. The number of hydrogen-bond acceptors (Lipinski definition) is 22. The Hall–Kier alpha value is -16.0. The second-order valence-corrected chi connectivity index (χ2v) is 38.5. The number of nitrogens with zero attached hydrogens (tertiary/aromatic N) is 25. The molecule has 0 bridgehead atoms. The van der Waals surface area contributed by atoms with Crippen LogP contribution in [0.4, 0.5) is 20.2 Å². The summed E-state index contributed by atoms with van der Waals surface area (Å²) in [5.41, 5.74) is 25.4. The highest BCUT2D eigenvalue weighted by atomic mass is 35.5. The third kappa shape index (κ3) is 20.2. The highest BCUT2D eigenvalue weighted by Crippen LogP contribution is 2.33. The molecule has 0 atom stereocenters. The van der Waals surface area contributed by atoms with Crippen LogP contribution in [0.3, 0.4) is 0 Å². The number of imidazole rings is 5. The van der Waals surface area contributed by atoms with Crippen LogP contribution in [0.15, 0.2) is 269 Å². The SMILES string of the molecule is Cc1cn2cc(-c3cc(=O)n4cc(N5CCN(C(C)C)CC5)ccc4n3)cc(Cl)c2n1.Cc1cn2cc(-c3cc(=O)n4cc(N5CCN(C(C)C)CC5)ccc4n3)cc(F)c2n1.Cc1cn2cc(-c3ccc4nc(C5=CCN(C)CC5)cc(=O)n4c3)ccc2n1.Cc1cn2cc(-c3ccc4nc(C5=CCNCC5)cc(=O)n4c3)cc(F)c2n1.Cc1cn2cc(-c3ccc4nc(C5=CCNCC5)cc(=O)n4c3)ccc2n1. The Bertz CT molecular complexity index is 8720. The molecule has 0 amide bonds. The molecule has 5 aliphatic rings. The van der Waals surface area contributed by atoms with Gasteiger partial charge in [-0.25, -0.2) is 58.6 Å². The molecule has 2 saturated heterocycles. The van der Waals surface area contributed by atoms with E-state index in [9.17, 15) is 32.8 Å². The van der Waals surface area contributed by atoms with E-state index in [1.54, 1.807) is 81.5 Å². The Morgan fingerprint density at radius 2 is 0.621 bits per heavy atom. The smallest absolute Gasteiger partial charge is 0.258 e. The van der Waals surface area contributed by atoms with Gasteiger partial charge in [0.2, 0.25) is 0 Å². The first kappa shape index (κ1) is 95.2. The normalized spacial score (nSPS) is 15.1. The van der Waals surface area contributed by atoms with Crippen LogP contribution >= 0.6 is 11.6 Å². The number of aryl methyl sites for hydroxylation is 5. The number of halogens is 3. The molecule has 0 spiro atoms. The Morgan fingerprint density at radius 1 is 0.303 bits per heavy atom. The number of anilines is 2. The summed E-state index contributed by atoms with van der Waals surface area (Å²) in [5.74, 6) is -0.840. The zero-order chi connectivity index (χ0) is 100. The van der Waals surface area contributed by atoms with Crippen molar-refractivity contribution in [1.82, 2.24) is 119 Å². The third-order valence-electron chi connectivity index (χ3n) is 27.2. The molecule has 0 aromatic carbocycles. The van der Waals surface area contributed by atoms with Gasteiger partial charge in [0, 0.05) is 247 Å². The van der Waals surface area contributed by atoms with Gasteiger partial charge < -0.3 is 47.3 Å². The van der Waals surface area contributed by atoms with Gasteiger partial charge >= 0.3 is 0 Å². The zero-order valence-corrected chi connectivity index (χ0v) is 82.9. The molecule has 0 radical (unpaired) electrons. The second-order valence-electron chi connectivity index (χ2n) is 38.1. The van der Waals surface area contributed by atoms with Gasteiger partial charge in [-0.2, -0.15) is 0 Å². The summed E-state index contributed by atoms with van der Waals surface area (Å²) in [6, 6.07) is 40.9. The summed E-state index contributed by atoms with van der Waals surface area (Å²) in [6.45, 7) is 31.5. The molecule has 0 aliphatic carbocycles. The van der Waals surface area contributed by atoms with Gasteiger partial charge in [-0.05, 0) is 233 Å². The second kappa shape index (κ2) is 40.1. The molecule has 35 heteroatoms. The van der Waals surface area contributed by atoms with Crippen LogP contribution in [0.5, 0.6) is 0 Å². The number of likely N-dealkylation sites (N-methyl/N-ethyl adjacent to an activating group) is 1. The predicted molar refractivity (Wildman–Crippen MR) is 566 cm³/mol. The Balaban J connectivity index is 0.000000107. The summed E-state index contributed by atoms with van der Waals surface area (Å²) >= 11 is 6.42. The van der Waals surface area contributed by atoms with Gasteiger partial charge in [-0.15, -0.1) is 0 Å². The van der Waals surface area contributed by atoms with Gasteiger partial charge in [0.15, 0.2) is 28.6 Å². The van der Waals surface area contributed by atoms with Crippen molar-refractivity contribution in [2.45, 2.75) is 93.7 Å². The number of nitrogens with one attached hydrogen (secondary N) is 2. The maximum Gasteiger partial charge on any atom is 0.258 e. The number of pyridine rings is 10. The maximum absolute atomic E-state index is 14.5. The fourth-order valence-electron chi connectivity index (χ4n) is 19.4. The highest BCUT2D eigenvalue weighted by Gasteiger charge is 2.26. The standard InChI is InChI=1S/C23H25ClN6O.C23H25FN6O.C22H21N5O.C21H18FN5O.C21H19N5O/c2*1-15(2)27-6-8-28(9-7-27)18-4-5-21-26-20(11-22(31)30(21)14-18)17-10-19(24)23-25-16(3)12-29(23)13-17;1-15-12-26-13-17(3-5-20(26)23-15)18-4-6-21-24-19(11-22(28)27(21)14-18)16-7-9-25(2)10-8-16;1-13-10-26-11-16(8-17(22)21(26)24-13)15-2-3-19-25-18(9-20(28)27(19)12-15)14-4-6-23-7-5-14;1-14-11-25-12-16(2-4-19(25)23-14)17-3-5-20-24-18(10-21(27)26(20)13-17)15-6-8-22-9-7-15/h2*4-5,10-15H,6-9H2,1-3H3;3-7,11-14H,8-10H2,1-2H3;2-4,8-12,23H,5-7H2,1H3;2-6,10-13,22H,7-9H2,1H3. The molecule has 145 heavy (non-hydrogen) atoms. The van der Waals surface area contributed by atoms with Gasteiger partial charge in [0.25, 0.3) is 27.8 Å². The monoisotopic (exact) mass is 1960 g/mol. The van der Waals surface area contributed by atoms with Gasteiger partial charge in [0.1, 0.15) is 39.5 Å². The Morgan fingerprint density at radius 3 is 1.01 bits per heavy atom. The molecule has 20 aromatic rings. The molecule has 32 nitrogen and oxygen atoms in total. The molecule has 5 aliphatic heterocycles. The minimum absolute atomic E-state index is 0.0544. The van der Waals surface area contributed by atoms with Crippen LogP contribution in [0, 0.1) is 46.3 Å². The molecule has 2 N–H and O–H groups in total. The Kier molecular flexibility index (Phi) is 26.3. The first-order valence-electron chi connectivity index (χ1n) is 48.8. The van der Waals surface area contributed by atoms with E-state index in [2.05, 4.69) is 123 Å². The number of piperazine rings is 2. The van der Waals surface area contributed by atoms with Crippen molar-refractivity contribution in [3.05, 3.63) is 359 Å². The van der Waals surface area contributed by atoms with E-state index in [0.717, 1.165) is 229 Å². The molecule has 734 valence electrons. The maximum atomic E-state index is 14.5. The first-order valence-corrected chi connectivity index (χ1v) is 49.2. The van der Waals surface area contributed by atoms with Crippen molar-refractivity contribution >= 4 is 96.2 Å². The topological polar surface area (TPSA) is 299 Å². The van der Waals surface area contributed by atoms with Crippen LogP contribution in [0.2, 0.25) is 5.02 Å². The molecular weight excluding hydrogens is 1850 g/mol. The van der Waals surface area contributed by atoms with Crippen molar-refractivity contribution in [2.24, 2.45) is 0 Å². The van der Waals surface area contributed by atoms with Crippen molar-refractivity contribution in [3.8, 4) is 55.9 Å². The molecule has 25 heterocycles. The largest absolute Gasteiger partial charge is 0.368 e. The molecule has 2 fully saturated rings. The molecule has 25 rings (SSSR count). The van der Waals surface area contributed by atoms with E-state index in [1.165, 1.54) is 22.6 Å². The van der Waals surface area contributed by atoms with Crippen molar-refractivity contribution < 1.29 is 8.78 Å². The van der Waals surface area contributed by atoms with Gasteiger partial charge in [-0.3, -0.25) is 55.8 Å². The lowest BCUT2D eigenvalue weighted by Gasteiger charge is -2.38. The van der Waals surface area contributed by atoms with Crippen LogP contribution in [-0.2, 0) is 0 Å². The third-order valence-corrected chi connectivity index (χ3v) is 27.5. The zero-order valence-electron chi connectivity index (χ0n) is 82.1. The average molecular weight is 1960 g/mol. The summed E-state index contributed by atoms with van der Waals surface area (Å²) in [5, 5.41) is 7.07. The van der Waals surface area contributed by atoms with E-state index in [1.807, 2.05) is 201 Å². The van der Waals surface area contributed by atoms with E-state index in [0.29, 0.717) is 79.2 Å². The molecule has 0 saturated carbocycles. The summed E-state index contributed by atoms with van der Waals surface area (Å²) in [4.78, 5) is 121. The summed E-state index contributed by atoms with van der Waals surface area (Å²) in [7, 11) is 2.10. The van der Waals surface area contributed by atoms with E-state index in [-0.39, 0.29) is 33.4 Å². The minimum Gasteiger partial charge on any atom is -0.368 e. The number of fused-ring (bicyclic) bond motifs is 10. The van der Waals surface area contributed by atoms with Crippen LogP contribution < -0.4 is 48.2 Å². The van der Waals surface area contributed by atoms with Crippen LogP contribution in [0.1, 0.15) is 92.5 Å². The quantitative estimate of drug-likeness (QED) is 0.115. The summed E-state index contributed by atoms with van der Waals surface area (Å²) < 4.78 is 46.0. The number of hydrogen-bond donors (Lipinski definition) is 2. The van der Waals surface area contributed by atoms with Gasteiger partial charge in [0.05, 0.1) is 73.3 Å². The fraction of sp³-hybridized carbons (Fsp3) is 0.264. The fourth-order valence-corrected chi connectivity index (χ4v) is 19.7. The van der Waals surface area contributed by atoms with E-state index in [4.69, 9.17) is 26.6 Å². The van der Waals surface area contributed by atoms with Crippen LogP contribution in [-0.4, -0.2) is 219 Å². The van der Waals surface area contributed by atoms with E-state index >= 15 is 0 Å². The number of aromatic nitrogens is 20. The average Bonchev–Trinajstić information content (AvgIpc) is 1.74. The lowest BCUT2D eigenvalue weighted by atomic mass is 10.0. The molecule has 0 unspecified atom stereocenters. The van der Waals surface area contributed by atoms with Crippen molar-refractivity contribution in [3.63, 3.8) is 0 Å². The minimum atomic E-state index is -0.441. The van der Waals surface area contributed by atoms with E-state index < -0.39 is 11.6 Å². The Labute approximate surface area is 835 Å². The summed E-state index contributed by atoms with van der Waals surface area (Å²) in [6.07, 6.45) is 37.1. The molecular formula is C110H108ClF2N27O5. The van der Waals surface area contributed by atoms with Crippen molar-refractivity contribution in [1.29, 1.82) is 0 Å². The lowest BCUT2D eigenvalue weighted by Crippen LogP contribution is -2.49. The van der Waals surface area contributed by atoms with Gasteiger partial charge in [-0.1, -0.05) is 29.8 Å². The molecule has 20 aromatic heterocycles. The predicted octanol–water partition coefficient (Wildman–Crippen LogP) is 15.1.